The third kappa shape index (κ3) is 4.73. The van der Waals surface area contributed by atoms with Gasteiger partial charge in [0.25, 0.3) is 0 Å². The standard InChI is InChI=1S/C28H31FN2/c29-26-13-7-12-25(18-26)27-20-30(19-22-8-3-1-4-9-22)21-28(27)31-16-14-24(15-17-31)23-10-5-2-6-11-23/h1-13,18,24,27-28H,14-17,19-21H2/t27-,28+/m0/s1. The molecule has 0 aliphatic carbocycles. The monoisotopic (exact) mass is 414 g/mol. The quantitative estimate of drug-likeness (QED) is 0.530. The van der Waals surface area contributed by atoms with Crippen LogP contribution in [0.5, 0.6) is 0 Å². The molecule has 0 bridgehead atoms. The lowest BCUT2D eigenvalue weighted by Gasteiger charge is -2.38. The molecule has 2 atom stereocenters. The molecule has 2 heterocycles. The van der Waals surface area contributed by atoms with Crippen molar-refractivity contribution in [3.8, 4) is 0 Å². The first kappa shape index (κ1) is 20.4. The van der Waals surface area contributed by atoms with E-state index in [0.29, 0.717) is 17.9 Å². The van der Waals surface area contributed by atoms with Gasteiger partial charge in [-0.25, -0.2) is 4.39 Å². The Balaban J connectivity index is 1.32. The third-order valence-corrected chi connectivity index (χ3v) is 7.16. The van der Waals surface area contributed by atoms with E-state index in [4.69, 9.17) is 0 Å². The summed E-state index contributed by atoms with van der Waals surface area (Å²) in [7, 11) is 0. The van der Waals surface area contributed by atoms with Crippen LogP contribution in [0.25, 0.3) is 0 Å². The SMILES string of the molecule is Fc1cccc([C@@H]2CN(Cc3ccccc3)C[C@H]2N2CCC(c3ccccc3)CC2)c1. The zero-order valence-electron chi connectivity index (χ0n) is 18.0. The largest absolute Gasteiger partial charge is 0.298 e. The molecule has 3 heteroatoms. The summed E-state index contributed by atoms with van der Waals surface area (Å²) < 4.78 is 14.0. The number of benzene rings is 3. The lowest BCUT2D eigenvalue weighted by molar-refractivity contribution is 0.143. The summed E-state index contributed by atoms with van der Waals surface area (Å²) in [6, 6.07) is 29.4. The van der Waals surface area contributed by atoms with Gasteiger partial charge in [-0.2, -0.15) is 0 Å². The molecule has 2 nitrogen and oxygen atoms in total. The Morgan fingerprint density at radius 3 is 2.13 bits per heavy atom. The fourth-order valence-corrected chi connectivity index (χ4v) is 5.56. The topological polar surface area (TPSA) is 6.48 Å². The summed E-state index contributed by atoms with van der Waals surface area (Å²) >= 11 is 0. The molecule has 0 N–H and O–H groups in total. The average molecular weight is 415 g/mol. The minimum Gasteiger partial charge on any atom is -0.298 e. The van der Waals surface area contributed by atoms with E-state index < -0.39 is 0 Å². The van der Waals surface area contributed by atoms with Gasteiger partial charge in [0.1, 0.15) is 5.82 Å². The predicted molar refractivity (Wildman–Crippen MR) is 125 cm³/mol. The van der Waals surface area contributed by atoms with Crippen LogP contribution in [0.2, 0.25) is 0 Å². The maximum Gasteiger partial charge on any atom is 0.123 e. The molecule has 0 spiro atoms. The van der Waals surface area contributed by atoms with Gasteiger partial charge >= 0.3 is 0 Å². The van der Waals surface area contributed by atoms with Crippen molar-refractivity contribution in [2.45, 2.75) is 37.3 Å². The van der Waals surface area contributed by atoms with Crippen molar-refractivity contribution in [3.05, 3.63) is 107 Å². The number of likely N-dealkylation sites (tertiary alicyclic amines) is 2. The van der Waals surface area contributed by atoms with Crippen molar-refractivity contribution >= 4 is 0 Å². The Labute approximate surface area is 185 Å². The number of hydrogen-bond donors (Lipinski definition) is 0. The average Bonchev–Trinajstić information content (AvgIpc) is 3.24. The molecule has 31 heavy (non-hydrogen) atoms. The van der Waals surface area contributed by atoms with E-state index >= 15 is 0 Å². The highest BCUT2D eigenvalue weighted by atomic mass is 19.1. The van der Waals surface area contributed by atoms with Crippen LogP contribution in [0.1, 0.15) is 41.4 Å². The van der Waals surface area contributed by atoms with Gasteiger partial charge in [0.2, 0.25) is 0 Å². The van der Waals surface area contributed by atoms with Crippen LogP contribution >= 0.6 is 0 Å². The number of hydrogen-bond acceptors (Lipinski definition) is 2. The first-order valence-electron chi connectivity index (χ1n) is 11.6. The molecule has 0 saturated carbocycles. The number of piperidine rings is 1. The number of rotatable bonds is 5. The van der Waals surface area contributed by atoms with E-state index in [1.54, 1.807) is 12.1 Å². The summed E-state index contributed by atoms with van der Waals surface area (Å²) in [5.41, 5.74) is 3.97. The van der Waals surface area contributed by atoms with Gasteiger partial charge in [-0.05, 0) is 60.7 Å². The van der Waals surface area contributed by atoms with Crippen LogP contribution in [-0.4, -0.2) is 42.0 Å². The molecule has 2 aliphatic rings. The van der Waals surface area contributed by atoms with E-state index in [0.717, 1.165) is 38.3 Å². The molecule has 3 aromatic rings. The second-order valence-corrected chi connectivity index (χ2v) is 9.13. The fraction of sp³-hybridized carbons (Fsp3) is 0.357. The highest BCUT2D eigenvalue weighted by Crippen LogP contribution is 2.36. The molecule has 0 aromatic heterocycles. The zero-order chi connectivity index (χ0) is 21.0. The smallest absolute Gasteiger partial charge is 0.123 e. The molecule has 160 valence electrons. The summed E-state index contributed by atoms with van der Waals surface area (Å²) in [6.45, 7) is 5.24. The highest BCUT2D eigenvalue weighted by molar-refractivity contribution is 5.26. The van der Waals surface area contributed by atoms with Crippen LogP contribution < -0.4 is 0 Å². The van der Waals surface area contributed by atoms with Crippen molar-refractivity contribution in [1.29, 1.82) is 0 Å². The van der Waals surface area contributed by atoms with Gasteiger partial charge in [-0.15, -0.1) is 0 Å². The van der Waals surface area contributed by atoms with Gasteiger partial charge < -0.3 is 0 Å². The van der Waals surface area contributed by atoms with E-state index in [2.05, 4.69) is 76.5 Å². The van der Waals surface area contributed by atoms with Crippen molar-refractivity contribution in [2.24, 2.45) is 0 Å². The first-order valence-corrected chi connectivity index (χ1v) is 11.6. The van der Waals surface area contributed by atoms with E-state index in [1.165, 1.54) is 24.0 Å². The van der Waals surface area contributed by atoms with Gasteiger partial charge in [-0.1, -0.05) is 72.8 Å². The van der Waals surface area contributed by atoms with Crippen molar-refractivity contribution in [3.63, 3.8) is 0 Å². The summed E-state index contributed by atoms with van der Waals surface area (Å²) in [4.78, 5) is 5.23. The summed E-state index contributed by atoms with van der Waals surface area (Å²) in [5.74, 6) is 0.889. The Morgan fingerprint density at radius 1 is 0.742 bits per heavy atom. The Morgan fingerprint density at radius 2 is 1.42 bits per heavy atom. The van der Waals surface area contributed by atoms with Crippen LogP contribution in [0.15, 0.2) is 84.9 Å². The lowest BCUT2D eigenvalue weighted by Crippen LogP contribution is -2.44. The number of halogens is 1. The maximum atomic E-state index is 14.0. The fourth-order valence-electron chi connectivity index (χ4n) is 5.56. The van der Waals surface area contributed by atoms with Gasteiger partial charge in [0.05, 0.1) is 0 Å². The second-order valence-electron chi connectivity index (χ2n) is 9.13. The maximum absolute atomic E-state index is 14.0. The van der Waals surface area contributed by atoms with Gasteiger partial charge in [0.15, 0.2) is 0 Å². The molecule has 2 saturated heterocycles. The minimum atomic E-state index is -0.124. The van der Waals surface area contributed by atoms with Crippen LogP contribution in [0.4, 0.5) is 4.39 Å². The molecule has 5 rings (SSSR count). The molecule has 2 fully saturated rings. The lowest BCUT2D eigenvalue weighted by atomic mass is 9.87. The molecular weight excluding hydrogens is 383 g/mol. The molecular formula is C28H31FN2. The van der Waals surface area contributed by atoms with Gasteiger partial charge in [-0.3, -0.25) is 9.80 Å². The van der Waals surface area contributed by atoms with E-state index in [1.807, 2.05) is 6.07 Å². The summed E-state index contributed by atoms with van der Waals surface area (Å²) in [6.07, 6.45) is 2.41. The normalized spacial score (nSPS) is 23.3. The van der Waals surface area contributed by atoms with Crippen molar-refractivity contribution in [2.75, 3.05) is 26.2 Å². The molecule has 0 amide bonds. The van der Waals surface area contributed by atoms with Crippen LogP contribution in [-0.2, 0) is 6.54 Å². The van der Waals surface area contributed by atoms with Crippen molar-refractivity contribution in [1.82, 2.24) is 9.80 Å². The van der Waals surface area contributed by atoms with E-state index in [9.17, 15) is 4.39 Å². The van der Waals surface area contributed by atoms with E-state index in [-0.39, 0.29) is 5.82 Å². The van der Waals surface area contributed by atoms with Crippen LogP contribution in [0, 0.1) is 5.82 Å². The molecule has 2 aliphatic heterocycles. The Hall–Kier alpha value is -2.49. The Kier molecular flexibility index (Phi) is 6.15. The summed E-state index contributed by atoms with van der Waals surface area (Å²) in [5, 5.41) is 0. The minimum absolute atomic E-state index is 0.124. The predicted octanol–water partition coefficient (Wildman–Crippen LogP) is 5.67. The first-order chi connectivity index (χ1) is 15.3. The highest BCUT2D eigenvalue weighted by Gasteiger charge is 2.38. The zero-order valence-corrected chi connectivity index (χ0v) is 18.0. The number of nitrogens with zero attached hydrogens (tertiary/aromatic N) is 2. The van der Waals surface area contributed by atoms with Crippen molar-refractivity contribution < 1.29 is 4.39 Å². The second kappa shape index (κ2) is 9.33. The molecule has 0 unspecified atom stereocenters. The van der Waals surface area contributed by atoms with Crippen LogP contribution in [0.3, 0.4) is 0 Å². The molecule has 0 radical (unpaired) electrons. The molecule has 3 aromatic carbocycles. The Bertz CT molecular complexity index is 967. The van der Waals surface area contributed by atoms with Gasteiger partial charge in [0, 0.05) is 31.6 Å². The third-order valence-electron chi connectivity index (χ3n) is 7.16.